The molecule has 0 radical (unpaired) electrons. The summed E-state index contributed by atoms with van der Waals surface area (Å²) in [6.45, 7) is 2.90. The van der Waals surface area contributed by atoms with Crippen molar-refractivity contribution in [2.75, 3.05) is 11.9 Å². The van der Waals surface area contributed by atoms with Crippen LogP contribution in [-0.2, 0) is 0 Å². The van der Waals surface area contributed by atoms with Crippen LogP contribution < -0.4 is 4.74 Å². The molecule has 0 spiro atoms. The highest BCUT2D eigenvalue weighted by atomic mass is 79.9. The fourth-order valence-corrected chi connectivity index (χ4v) is 1.40. The van der Waals surface area contributed by atoms with E-state index in [4.69, 9.17) is 4.74 Å². The van der Waals surface area contributed by atoms with Crippen molar-refractivity contribution in [3.8, 4) is 5.75 Å². The van der Waals surface area contributed by atoms with Crippen molar-refractivity contribution in [2.45, 2.75) is 6.92 Å². The van der Waals surface area contributed by atoms with Gasteiger partial charge in [-0.25, -0.2) is 0 Å². The first-order valence-electron chi connectivity index (χ1n) is 4.16. The molecular formula is C10H12Br2O. The lowest BCUT2D eigenvalue weighted by atomic mass is 10.2. The molecule has 0 N–H and O–H groups in total. The van der Waals surface area contributed by atoms with Crippen LogP contribution in [0.15, 0.2) is 28.7 Å². The first-order chi connectivity index (χ1) is 6.22. The van der Waals surface area contributed by atoms with E-state index in [2.05, 4.69) is 38.8 Å². The topological polar surface area (TPSA) is 9.23 Å². The molecule has 72 valence electrons. The first-order valence-corrected chi connectivity index (χ1v) is 6.08. The summed E-state index contributed by atoms with van der Waals surface area (Å²) in [5.74, 6) is 1.46. The molecule has 0 aliphatic carbocycles. The van der Waals surface area contributed by atoms with E-state index in [9.17, 15) is 0 Å². The summed E-state index contributed by atoms with van der Waals surface area (Å²) < 4.78 is 6.63. The fraction of sp³-hybridized carbons (Fsp3) is 0.400. The maximum atomic E-state index is 5.58. The third-order valence-corrected chi connectivity index (χ3v) is 3.19. The number of halogens is 2. The number of benzene rings is 1. The summed E-state index contributed by atoms with van der Waals surface area (Å²) in [5, 5.41) is 0.973. The van der Waals surface area contributed by atoms with Crippen molar-refractivity contribution in [1.29, 1.82) is 0 Å². The lowest BCUT2D eigenvalue weighted by Crippen LogP contribution is -2.09. The summed E-state index contributed by atoms with van der Waals surface area (Å²) in [5.41, 5.74) is 0. The van der Waals surface area contributed by atoms with E-state index in [-0.39, 0.29) is 0 Å². The van der Waals surface area contributed by atoms with Crippen LogP contribution in [0.4, 0.5) is 0 Å². The number of hydrogen-bond acceptors (Lipinski definition) is 1. The zero-order valence-corrected chi connectivity index (χ0v) is 10.6. The Morgan fingerprint density at radius 1 is 1.46 bits per heavy atom. The Bertz CT molecular complexity index is 263. The van der Waals surface area contributed by atoms with E-state index < -0.39 is 0 Å². The molecule has 0 heterocycles. The van der Waals surface area contributed by atoms with Gasteiger partial charge in [-0.1, -0.05) is 44.8 Å². The van der Waals surface area contributed by atoms with Crippen LogP contribution in [0.5, 0.6) is 5.75 Å². The average molecular weight is 308 g/mol. The predicted molar refractivity (Wildman–Crippen MR) is 62.6 cm³/mol. The average Bonchev–Trinajstić information content (AvgIpc) is 2.14. The van der Waals surface area contributed by atoms with Crippen LogP contribution >= 0.6 is 31.9 Å². The maximum absolute atomic E-state index is 5.58. The van der Waals surface area contributed by atoms with Gasteiger partial charge in [0.15, 0.2) is 0 Å². The molecule has 1 aromatic carbocycles. The Morgan fingerprint density at radius 2 is 2.23 bits per heavy atom. The van der Waals surface area contributed by atoms with Gasteiger partial charge in [0.05, 0.1) is 6.61 Å². The number of rotatable bonds is 4. The van der Waals surface area contributed by atoms with Crippen molar-refractivity contribution in [1.82, 2.24) is 0 Å². The highest BCUT2D eigenvalue weighted by molar-refractivity contribution is 9.10. The molecular weight excluding hydrogens is 296 g/mol. The smallest absolute Gasteiger partial charge is 0.120 e. The normalized spacial score (nSPS) is 12.5. The quantitative estimate of drug-likeness (QED) is 0.768. The van der Waals surface area contributed by atoms with Gasteiger partial charge in [0.2, 0.25) is 0 Å². The third-order valence-electron chi connectivity index (χ3n) is 1.59. The third kappa shape index (κ3) is 4.14. The summed E-state index contributed by atoms with van der Waals surface area (Å²) in [7, 11) is 0. The molecule has 0 fully saturated rings. The lowest BCUT2D eigenvalue weighted by molar-refractivity contribution is 0.274. The Labute approximate surface area is 95.7 Å². The molecule has 1 unspecified atom stereocenters. The molecule has 0 amide bonds. The molecule has 0 aromatic heterocycles. The lowest BCUT2D eigenvalue weighted by Gasteiger charge is -2.10. The fourth-order valence-electron chi connectivity index (χ4n) is 0.840. The maximum Gasteiger partial charge on any atom is 0.120 e. The summed E-state index contributed by atoms with van der Waals surface area (Å²) in [6, 6.07) is 7.89. The van der Waals surface area contributed by atoms with Gasteiger partial charge in [0.25, 0.3) is 0 Å². The van der Waals surface area contributed by atoms with Crippen LogP contribution in [0, 0.1) is 5.92 Å². The molecule has 0 bridgehead atoms. The molecule has 0 aliphatic heterocycles. The minimum absolute atomic E-state index is 0.541. The monoisotopic (exact) mass is 306 g/mol. The minimum Gasteiger partial charge on any atom is -0.493 e. The molecule has 0 saturated heterocycles. The van der Waals surface area contributed by atoms with E-state index in [0.29, 0.717) is 5.92 Å². The van der Waals surface area contributed by atoms with Gasteiger partial charge in [0.1, 0.15) is 5.75 Å². The van der Waals surface area contributed by atoms with Gasteiger partial charge in [-0.05, 0) is 24.1 Å². The standard InChI is InChI=1S/C10H12Br2O/c1-8(6-11)7-13-10-4-2-3-9(12)5-10/h2-5,8H,6-7H2,1H3. The largest absolute Gasteiger partial charge is 0.493 e. The number of hydrogen-bond donors (Lipinski definition) is 0. The Morgan fingerprint density at radius 3 is 2.85 bits per heavy atom. The summed E-state index contributed by atoms with van der Waals surface area (Å²) in [4.78, 5) is 0. The van der Waals surface area contributed by atoms with Crippen molar-refractivity contribution in [2.24, 2.45) is 5.92 Å². The second kappa shape index (κ2) is 5.66. The number of ether oxygens (including phenoxy) is 1. The molecule has 3 heteroatoms. The van der Waals surface area contributed by atoms with Crippen LogP contribution in [0.2, 0.25) is 0 Å². The SMILES string of the molecule is CC(CBr)COc1cccc(Br)c1. The van der Waals surface area contributed by atoms with E-state index >= 15 is 0 Å². The predicted octanol–water partition coefficient (Wildman–Crippen LogP) is 3.86. The molecule has 0 saturated carbocycles. The van der Waals surface area contributed by atoms with Crippen molar-refractivity contribution >= 4 is 31.9 Å². The summed E-state index contributed by atoms with van der Waals surface area (Å²) in [6.07, 6.45) is 0. The van der Waals surface area contributed by atoms with E-state index in [1.54, 1.807) is 0 Å². The van der Waals surface area contributed by atoms with Crippen molar-refractivity contribution in [3.05, 3.63) is 28.7 Å². The molecule has 1 rings (SSSR count). The molecule has 1 aromatic rings. The van der Waals surface area contributed by atoms with Gasteiger partial charge < -0.3 is 4.74 Å². The second-order valence-corrected chi connectivity index (χ2v) is 4.59. The van der Waals surface area contributed by atoms with Gasteiger partial charge >= 0.3 is 0 Å². The molecule has 13 heavy (non-hydrogen) atoms. The Kier molecular flexibility index (Phi) is 4.81. The van der Waals surface area contributed by atoms with Crippen LogP contribution in [0.25, 0.3) is 0 Å². The molecule has 1 atom stereocenters. The zero-order valence-electron chi connectivity index (χ0n) is 7.47. The van der Waals surface area contributed by atoms with Gasteiger partial charge in [-0.15, -0.1) is 0 Å². The Hall–Kier alpha value is -0.0200. The van der Waals surface area contributed by atoms with Crippen LogP contribution in [-0.4, -0.2) is 11.9 Å². The number of alkyl halides is 1. The van der Waals surface area contributed by atoms with Gasteiger partial charge in [-0.3, -0.25) is 0 Å². The van der Waals surface area contributed by atoms with E-state index in [1.165, 1.54) is 0 Å². The van der Waals surface area contributed by atoms with Crippen LogP contribution in [0.1, 0.15) is 6.92 Å². The highest BCUT2D eigenvalue weighted by Gasteiger charge is 2.00. The van der Waals surface area contributed by atoms with E-state index in [0.717, 1.165) is 22.2 Å². The zero-order chi connectivity index (χ0) is 9.68. The molecule has 1 nitrogen and oxygen atoms in total. The van der Waals surface area contributed by atoms with Crippen molar-refractivity contribution < 1.29 is 4.74 Å². The van der Waals surface area contributed by atoms with Gasteiger partial charge in [-0.2, -0.15) is 0 Å². The minimum atomic E-state index is 0.541. The Balaban J connectivity index is 2.45. The van der Waals surface area contributed by atoms with Gasteiger partial charge in [0, 0.05) is 9.80 Å². The second-order valence-electron chi connectivity index (χ2n) is 3.03. The summed E-state index contributed by atoms with van der Waals surface area (Å²) >= 11 is 6.81. The first kappa shape index (κ1) is 11.1. The van der Waals surface area contributed by atoms with Crippen LogP contribution in [0.3, 0.4) is 0 Å². The van der Waals surface area contributed by atoms with Crippen molar-refractivity contribution in [3.63, 3.8) is 0 Å². The highest BCUT2D eigenvalue weighted by Crippen LogP contribution is 2.18. The molecule has 0 aliphatic rings. The van der Waals surface area contributed by atoms with E-state index in [1.807, 2.05) is 24.3 Å².